The van der Waals surface area contributed by atoms with Crippen molar-refractivity contribution in [3.8, 4) is 0 Å². The summed E-state index contributed by atoms with van der Waals surface area (Å²) in [7, 11) is 0. The molecule has 2 aromatic rings. The van der Waals surface area contributed by atoms with Gasteiger partial charge in [0.2, 0.25) is 5.91 Å². The summed E-state index contributed by atoms with van der Waals surface area (Å²) >= 11 is 0. The SMILES string of the molecule is CC(C(=O)Nc1ccc2nc(C3CCCO3)[nH]c2c1)C1CNC1. The minimum atomic E-state index is 0.0242. The number of nitrogens with zero attached hydrogens (tertiary/aromatic N) is 1. The van der Waals surface area contributed by atoms with Crippen molar-refractivity contribution in [2.45, 2.75) is 25.9 Å². The van der Waals surface area contributed by atoms with Gasteiger partial charge in [-0.1, -0.05) is 6.92 Å². The van der Waals surface area contributed by atoms with Crippen LogP contribution in [0.4, 0.5) is 5.69 Å². The molecule has 2 unspecified atom stereocenters. The van der Waals surface area contributed by atoms with Gasteiger partial charge in [-0.05, 0) is 50.0 Å². The van der Waals surface area contributed by atoms with E-state index in [1.807, 2.05) is 25.1 Å². The maximum atomic E-state index is 12.3. The second-order valence-electron chi connectivity index (χ2n) is 6.55. The number of carbonyl (C=O) groups excluding carboxylic acids is 1. The fraction of sp³-hybridized carbons (Fsp3) is 0.529. The number of benzene rings is 1. The Morgan fingerprint density at radius 3 is 3.00 bits per heavy atom. The lowest BCUT2D eigenvalue weighted by Gasteiger charge is -2.31. The van der Waals surface area contributed by atoms with Crippen LogP contribution in [0.15, 0.2) is 18.2 Å². The number of fused-ring (bicyclic) bond motifs is 1. The molecule has 1 amide bonds. The van der Waals surface area contributed by atoms with Crippen molar-refractivity contribution < 1.29 is 9.53 Å². The molecule has 23 heavy (non-hydrogen) atoms. The van der Waals surface area contributed by atoms with E-state index < -0.39 is 0 Å². The number of carbonyl (C=O) groups is 1. The monoisotopic (exact) mass is 314 g/mol. The molecular formula is C17H22N4O2. The number of hydrogen-bond acceptors (Lipinski definition) is 4. The van der Waals surface area contributed by atoms with E-state index in [-0.39, 0.29) is 17.9 Å². The minimum absolute atomic E-state index is 0.0242. The average molecular weight is 314 g/mol. The van der Waals surface area contributed by atoms with E-state index in [4.69, 9.17) is 4.74 Å². The molecular weight excluding hydrogens is 292 g/mol. The Bertz CT molecular complexity index is 716. The first kappa shape index (κ1) is 14.7. The fourth-order valence-electron chi connectivity index (χ4n) is 3.19. The molecule has 1 aromatic carbocycles. The Labute approximate surface area is 135 Å². The van der Waals surface area contributed by atoms with Gasteiger partial charge in [0.1, 0.15) is 11.9 Å². The standard InChI is InChI=1S/C17H22N4O2/c1-10(11-8-18-9-11)17(22)19-12-4-5-13-14(7-12)21-16(20-13)15-3-2-6-23-15/h4-5,7,10-11,15,18H,2-3,6,8-9H2,1H3,(H,19,22)(H,20,21). The molecule has 6 heteroatoms. The van der Waals surface area contributed by atoms with E-state index in [2.05, 4.69) is 20.6 Å². The number of anilines is 1. The molecule has 122 valence electrons. The fourth-order valence-corrected chi connectivity index (χ4v) is 3.19. The van der Waals surface area contributed by atoms with Gasteiger partial charge in [0, 0.05) is 18.2 Å². The summed E-state index contributed by atoms with van der Waals surface area (Å²) in [4.78, 5) is 20.2. The lowest BCUT2D eigenvalue weighted by molar-refractivity contribution is -0.121. The van der Waals surface area contributed by atoms with Crippen molar-refractivity contribution in [1.82, 2.24) is 15.3 Å². The lowest BCUT2D eigenvalue weighted by atomic mass is 9.88. The predicted molar refractivity (Wildman–Crippen MR) is 88.2 cm³/mol. The van der Waals surface area contributed by atoms with E-state index in [1.165, 1.54) is 0 Å². The molecule has 0 saturated carbocycles. The Morgan fingerprint density at radius 2 is 2.30 bits per heavy atom. The first-order chi connectivity index (χ1) is 11.2. The van der Waals surface area contributed by atoms with Crippen LogP contribution in [0.1, 0.15) is 31.7 Å². The average Bonchev–Trinajstić information content (AvgIpc) is 3.13. The predicted octanol–water partition coefficient (Wildman–Crippen LogP) is 2.21. The summed E-state index contributed by atoms with van der Waals surface area (Å²) in [5.74, 6) is 1.43. The van der Waals surface area contributed by atoms with E-state index in [0.29, 0.717) is 5.92 Å². The summed E-state index contributed by atoms with van der Waals surface area (Å²) < 4.78 is 5.67. The van der Waals surface area contributed by atoms with Gasteiger partial charge in [-0.3, -0.25) is 4.79 Å². The summed E-state index contributed by atoms with van der Waals surface area (Å²) in [6.07, 6.45) is 2.17. The van der Waals surface area contributed by atoms with Crippen molar-refractivity contribution in [2.24, 2.45) is 11.8 Å². The molecule has 2 saturated heterocycles. The van der Waals surface area contributed by atoms with Crippen LogP contribution in [0.5, 0.6) is 0 Å². The molecule has 6 nitrogen and oxygen atoms in total. The topological polar surface area (TPSA) is 79.0 Å². The summed E-state index contributed by atoms with van der Waals surface area (Å²) in [5, 5.41) is 6.23. The molecule has 3 heterocycles. The van der Waals surface area contributed by atoms with E-state index in [1.54, 1.807) is 0 Å². The number of ether oxygens (including phenoxy) is 1. The molecule has 0 aliphatic carbocycles. The van der Waals surface area contributed by atoms with E-state index in [9.17, 15) is 4.79 Å². The van der Waals surface area contributed by atoms with Crippen LogP contribution in [0.25, 0.3) is 11.0 Å². The highest BCUT2D eigenvalue weighted by Crippen LogP contribution is 2.29. The van der Waals surface area contributed by atoms with Gasteiger partial charge in [-0.2, -0.15) is 0 Å². The van der Waals surface area contributed by atoms with Gasteiger partial charge in [0.25, 0.3) is 0 Å². The number of rotatable bonds is 4. The van der Waals surface area contributed by atoms with Crippen molar-refractivity contribution >= 4 is 22.6 Å². The molecule has 0 bridgehead atoms. The van der Waals surface area contributed by atoms with Gasteiger partial charge in [0.15, 0.2) is 0 Å². The van der Waals surface area contributed by atoms with Gasteiger partial charge < -0.3 is 20.4 Å². The number of hydrogen-bond donors (Lipinski definition) is 3. The van der Waals surface area contributed by atoms with Crippen LogP contribution in [-0.4, -0.2) is 35.6 Å². The Hall–Kier alpha value is -1.92. The molecule has 0 radical (unpaired) electrons. The second kappa shape index (κ2) is 5.94. The quantitative estimate of drug-likeness (QED) is 0.808. The van der Waals surface area contributed by atoms with Crippen LogP contribution in [0.2, 0.25) is 0 Å². The molecule has 0 spiro atoms. The number of amides is 1. The van der Waals surface area contributed by atoms with Gasteiger partial charge in [-0.25, -0.2) is 4.98 Å². The van der Waals surface area contributed by atoms with Crippen LogP contribution >= 0.6 is 0 Å². The number of imidazole rings is 1. The molecule has 3 N–H and O–H groups in total. The van der Waals surface area contributed by atoms with Gasteiger partial charge in [0.05, 0.1) is 11.0 Å². The first-order valence-electron chi connectivity index (χ1n) is 8.33. The zero-order valence-corrected chi connectivity index (χ0v) is 13.3. The van der Waals surface area contributed by atoms with Crippen LogP contribution < -0.4 is 10.6 Å². The number of aromatic nitrogens is 2. The number of aromatic amines is 1. The maximum absolute atomic E-state index is 12.3. The highest BCUT2D eigenvalue weighted by molar-refractivity contribution is 5.94. The van der Waals surface area contributed by atoms with E-state index in [0.717, 1.165) is 55.1 Å². The molecule has 2 aliphatic rings. The van der Waals surface area contributed by atoms with Gasteiger partial charge in [-0.15, -0.1) is 0 Å². The molecule has 2 aliphatic heterocycles. The summed E-state index contributed by atoms with van der Waals surface area (Å²) in [6.45, 7) is 4.65. The van der Waals surface area contributed by atoms with Crippen molar-refractivity contribution in [3.05, 3.63) is 24.0 Å². The molecule has 4 rings (SSSR count). The zero-order chi connectivity index (χ0) is 15.8. The summed E-state index contributed by atoms with van der Waals surface area (Å²) in [6, 6.07) is 5.80. The van der Waals surface area contributed by atoms with Crippen LogP contribution in [-0.2, 0) is 9.53 Å². The van der Waals surface area contributed by atoms with Crippen LogP contribution in [0.3, 0.4) is 0 Å². The zero-order valence-electron chi connectivity index (χ0n) is 13.3. The highest BCUT2D eigenvalue weighted by atomic mass is 16.5. The smallest absolute Gasteiger partial charge is 0.227 e. The van der Waals surface area contributed by atoms with Crippen molar-refractivity contribution in [2.75, 3.05) is 25.0 Å². The Morgan fingerprint density at radius 1 is 1.43 bits per heavy atom. The third kappa shape index (κ3) is 2.84. The number of H-pyrrole nitrogens is 1. The second-order valence-corrected chi connectivity index (χ2v) is 6.55. The van der Waals surface area contributed by atoms with Gasteiger partial charge >= 0.3 is 0 Å². The summed E-state index contributed by atoms with van der Waals surface area (Å²) in [5.41, 5.74) is 2.65. The van der Waals surface area contributed by atoms with Crippen molar-refractivity contribution in [3.63, 3.8) is 0 Å². The maximum Gasteiger partial charge on any atom is 0.227 e. The minimum Gasteiger partial charge on any atom is -0.370 e. The number of nitrogens with one attached hydrogen (secondary N) is 3. The first-order valence-corrected chi connectivity index (χ1v) is 8.33. The molecule has 2 atom stereocenters. The molecule has 1 aromatic heterocycles. The highest BCUT2D eigenvalue weighted by Gasteiger charge is 2.28. The van der Waals surface area contributed by atoms with E-state index >= 15 is 0 Å². The van der Waals surface area contributed by atoms with Crippen LogP contribution in [0, 0.1) is 11.8 Å². The molecule has 2 fully saturated rings. The van der Waals surface area contributed by atoms with Crippen molar-refractivity contribution in [1.29, 1.82) is 0 Å². The normalized spacial score (nSPS) is 22.9. The third-order valence-corrected chi connectivity index (χ3v) is 4.94. The largest absolute Gasteiger partial charge is 0.370 e. The Balaban J connectivity index is 1.50. The Kier molecular flexibility index (Phi) is 3.79. The third-order valence-electron chi connectivity index (χ3n) is 4.94. The lowest BCUT2D eigenvalue weighted by Crippen LogP contribution is -2.48.